The summed E-state index contributed by atoms with van der Waals surface area (Å²) in [5.41, 5.74) is 0.886. The fraction of sp³-hybridized carbons (Fsp3) is 0.375. The van der Waals surface area contributed by atoms with Crippen molar-refractivity contribution in [3.05, 3.63) is 48.6 Å². The van der Waals surface area contributed by atoms with Crippen molar-refractivity contribution in [2.24, 2.45) is 5.92 Å². The minimum atomic E-state index is -0.449. The molecule has 108 valence electrons. The van der Waals surface area contributed by atoms with Gasteiger partial charge in [0.05, 0.1) is 19.1 Å². The van der Waals surface area contributed by atoms with Crippen LogP contribution in [-0.2, 0) is 14.3 Å². The van der Waals surface area contributed by atoms with Gasteiger partial charge in [-0.3, -0.25) is 9.59 Å². The number of hydrogen-bond acceptors (Lipinski definition) is 3. The quantitative estimate of drug-likeness (QED) is 0.614. The van der Waals surface area contributed by atoms with Gasteiger partial charge in [0.15, 0.2) is 0 Å². The van der Waals surface area contributed by atoms with Crippen molar-refractivity contribution < 1.29 is 14.3 Å². The van der Waals surface area contributed by atoms with Crippen LogP contribution >= 0.6 is 0 Å². The standard InChI is InChI=1S/C16H21NO3/c1-4-5-11-14(18)17-15(12(2)16(19)20-3)13-9-7-6-8-10-13/h4,6-10,12,15H,1,5,11H2,2-3H3,(H,17,18)/t12-,15-/m0/s1. The lowest BCUT2D eigenvalue weighted by Crippen LogP contribution is -2.35. The lowest BCUT2D eigenvalue weighted by Gasteiger charge is -2.24. The van der Waals surface area contributed by atoms with E-state index in [2.05, 4.69) is 11.9 Å². The summed E-state index contributed by atoms with van der Waals surface area (Å²) in [4.78, 5) is 23.6. The topological polar surface area (TPSA) is 55.4 Å². The van der Waals surface area contributed by atoms with Gasteiger partial charge in [-0.25, -0.2) is 0 Å². The molecule has 0 saturated carbocycles. The molecular weight excluding hydrogens is 254 g/mol. The molecule has 1 N–H and O–H groups in total. The Kier molecular flexibility index (Phi) is 6.50. The normalized spacial score (nSPS) is 13.1. The maximum Gasteiger partial charge on any atom is 0.310 e. The average Bonchev–Trinajstić information content (AvgIpc) is 2.49. The molecule has 20 heavy (non-hydrogen) atoms. The fourth-order valence-electron chi connectivity index (χ4n) is 1.96. The summed E-state index contributed by atoms with van der Waals surface area (Å²) in [5.74, 6) is -0.896. The number of amides is 1. The van der Waals surface area contributed by atoms with E-state index in [9.17, 15) is 9.59 Å². The Balaban J connectivity index is 2.87. The van der Waals surface area contributed by atoms with Gasteiger partial charge in [0, 0.05) is 6.42 Å². The molecule has 0 unspecified atom stereocenters. The number of esters is 1. The van der Waals surface area contributed by atoms with Gasteiger partial charge in [-0.05, 0) is 18.9 Å². The van der Waals surface area contributed by atoms with Gasteiger partial charge in [0.2, 0.25) is 5.91 Å². The molecule has 0 aliphatic rings. The van der Waals surface area contributed by atoms with Gasteiger partial charge in [0.1, 0.15) is 0 Å². The van der Waals surface area contributed by atoms with Gasteiger partial charge >= 0.3 is 5.97 Å². The minimum absolute atomic E-state index is 0.102. The van der Waals surface area contributed by atoms with Crippen molar-refractivity contribution in [1.82, 2.24) is 5.32 Å². The van der Waals surface area contributed by atoms with E-state index in [1.807, 2.05) is 30.3 Å². The zero-order valence-corrected chi connectivity index (χ0v) is 12.0. The van der Waals surface area contributed by atoms with Gasteiger partial charge in [-0.2, -0.15) is 0 Å². The third kappa shape index (κ3) is 4.53. The van der Waals surface area contributed by atoms with E-state index in [-0.39, 0.29) is 17.9 Å². The molecule has 0 bridgehead atoms. The molecule has 1 aromatic rings. The lowest BCUT2D eigenvalue weighted by molar-refractivity contribution is -0.146. The summed E-state index contributed by atoms with van der Waals surface area (Å²) in [5, 5.41) is 2.90. The SMILES string of the molecule is C=CCCC(=O)N[C@H](c1ccccc1)[C@H](C)C(=O)OC. The first-order chi connectivity index (χ1) is 9.60. The van der Waals surface area contributed by atoms with Crippen LogP contribution in [0.4, 0.5) is 0 Å². The molecule has 0 radical (unpaired) electrons. The first-order valence-electron chi connectivity index (χ1n) is 6.63. The maximum absolute atomic E-state index is 11.9. The average molecular weight is 275 g/mol. The molecule has 0 fully saturated rings. The number of nitrogens with one attached hydrogen (secondary N) is 1. The Hall–Kier alpha value is -2.10. The van der Waals surface area contributed by atoms with E-state index < -0.39 is 5.92 Å². The Morgan fingerprint density at radius 2 is 2.00 bits per heavy atom. The smallest absolute Gasteiger partial charge is 0.310 e. The number of rotatable bonds is 7. The molecule has 0 saturated heterocycles. The van der Waals surface area contributed by atoms with Crippen molar-refractivity contribution >= 4 is 11.9 Å². The summed E-state index contributed by atoms with van der Waals surface area (Å²) >= 11 is 0. The second kappa shape index (κ2) is 8.15. The predicted molar refractivity (Wildman–Crippen MR) is 77.9 cm³/mol. The van der Waals surface area contributed by atoms with Crippen LogP contribution in [0.25, 0.3) is 0 Å². The van der Waals surface area contributed by atoms with Gasteiger partial charge in [-0.1, -0.05) is 36.4 Å². The third-order valence-corrected chi connectivity index (χ3v) is 3.12. The highest BCUT2D eigenvalue weighted by Crippen LogP contribution is 2.23. The van der Waals surface area contributed by atoms with Crippen molar-refractivity contribution in [2.75, 3.05) is 7.11 Å². The molecule has 1 rings (SSSR count). The van der Waals surface area contributed by atoms with Crippen molar-refractivity contribution in [1.29, 1.82) is 0 Å². The van der Waals surface area contributed by atoms with Crippen LogP contribution in [0.15, 0.2) is 43.0 Å². The summed E-state index contributed by atoms with van der Waals surface area (Å²) in [6.45, 7) is 5.34. The largest absolute Gasteiger partial charge is 0.469 e. The molecule has 0 heterocycles. The molecular formula is C16H21NO3. The Bertz CT molecular complexity index is 456. The van der Waals surface area contributed by atoms with E-state index in [1.165, 1.54) is 7.11 Å². The molecule has 1 amide bonds. The molecule has 4 nitrogen and oxygen atoms in total. The molecule has 0 spiro atoms. The van der Waals surface area contributed by atoms with Crippen LogP contribution in [0.3, 0.4) is 0 Å². The number of hydrogen-bond donors (Lipinski definition) is 1. The Morgan fingerprint density at radius 3 is 2.55 bits per heavy atom. The van der Waals surface area contributed by atoms with Gasteiger partial charge in [0.25, 0.3) is 0 Å². The summed E-state index contributed by atoms with van der Waals surface area (Å²) in [7, 11) is 1.35. The van der Waals surface area contributed by atoms with Crippen molar-refractivity contribution in [3.63, 3.8) is 0 Å². The number of carbonyl (C=O) groups excluding carboxylic acids is 2. The molecule has 2 atom stereocenters. The van der Waals surface area contributed by atoms with Crippen molar-refractivity contribution in [2.45, 2.75) is 25.8 Å². The van der Waals surface area contributed by atoms with E-state index in [0.29, 0.717) is 12.8 Å². The number of methoxy groups -OCH3 is 1. The van der Waals surface area contributed by atoms with Crippen LogP contribution in [0.2, 0.25) is 0 Å². The monoisotopic (exact) mass is 275 g/mol. The maximum atomic E-state index is 11.9. The number of carbonyl (C=O) groups is 2. The van der Waals surface area contributed by atoms with Crippen molar-refractivity contribution in [3.8, 4) is 0 Å². The fourth-order valence-corrected chi connectivity index (χ4v) is 1.96. The van der Waals surface area contributed by atoms with E-state index >= 15 is 0 Å². The second-order valence-electron chi connectivity index (χ2n) is 4.60. The zero-order chi connectivity index (χ0) is 15.0. The van der Waals surface area contributed by atoms with Crippen LogP contribution in [0, 0.1) is 5.92 Å². The Labute approximate surface area is 119 Å². The van der Waals surface area contributed by atoms with E-state index in [0.717, 1.165) is 5.56 Å². The second-order valence-corrected chi connectivity index (χ2v) is 4.60. The van der Waals surface area contributed by atoms with Gasteiger partial charge in [-0.15, -0.1) is 6.58 Å². The van der Waals surface area contributed by atoms with Crippen LogP contribution < -0.4 is 5.32 Å². The number of benzene rings is 1. The summed E-state index contributed by atoms with van der Waals surface area (Å²) < 4.78 is 4.77. The molecule has 0 aliphatic carbocycles. The molecule has 1 aromatic carbocycles. The van der Waals surface area contributed by atoms with E-state index in [1.54, 1.807) is 13.0 Å². The first-order valence-corrected chi connectivity index (χ1v) is 6.63. The molecule has 0 aliphatic heterocycles. The highest BCUT2D eigenvalue weighted by molar-refractivity contribution is 5.79. The van der Waals surface area contributed by atoms with Crippen LogP contribution in [0.5, 0.6) is 0 Å². The zero-order valence-electron chi connectivity index (χ0n) is 12.0. The number of ether oxygens (including phenoxy) is 1. The molecule has 4 heteroatoms. The number of allylic oxidation sites excluding steroid dienone is 1. The molecule has 0 aromatic heterocycles. The third-order valence-electron chi connectivity index (χ3n) is 3.12. The van der Waals surface area contributed by atoms with E-state index in [4.69, 9.17) is 4.74 Å². The van der Waals surface area contributed by atoms with Gasteiger partial charge < -0.3 is 10.1 Å². The predicted octanol–water partition coefficient (Wildman–Crippen LogP) is 2.62. The highest BCUT2D eigenvalue weighted by Gasteiger charge is 2.27. The highest BCUT2D eigenvalue weighted by atomic mass is 16.5. The summed E-state index contributed by atoms with van der Waals surface area (Å²) in [6, 6.07) is 9.03. The first kappa shape index (κ1) is 16.0. The Morgan fingerprint density at radius 1 is 1.35 bits per heavy atom. The lowest BCUT2D eigenvalue weighted by atomic mass is 9.94. The van der Waals surface area contributed by atoms with Crippen LogP contribution in [0.1, 0.15) is 31.4 Å². The van der Waals surface area contributed by atoms with Crippen LogP contribution in [-0.4, -0.2) is 19.0 Å². The summed E-state index contributed by atoms with van der Waals surface area (Å²) in [6.07, 6.45) is 2.67. The minimum Gasteiger partial charge on any atom is -0.469 e.